The first kappa shape index (κ1) is 19.0. The van der Waals surface area contributed by atoms with Crippen LogP contribution in [0.25, 0.3) is 5.69 Å². The van der Waals surface area contributed by atoms with E-state index in [9.17, 15) is 4.79 Å². The van der Waals surface area contributed by atoms with Crippen molar-refractivity contribution < 1.29 is 14.3 Å². The Labute approximate surface area is 162 Å². The van der Waals surface area contributed by atoms with Crippen LogP contribution in [0.4, 0.5) is 0 Å². The molecule has 0 saturated carbocycles. The van der Waals surface area contributed by atoms with Gasteiger partial charge in [-0.25, -0.2) is 10.1 Å². The number of carbonyl (C=O) groups is 1. The fourth-order valence-corrected chi connectivity index (χ4v) is 2.37. The number of benzene rings is 2. The molecule has 0 saturated heterocycles. The SMILES string of the molecule is CCCOc1ccc(/C=N/NC(=O)c2ccc(-n3cnnn3)cc2)cc1OC. The summed E-state index contributed by atoms with van der Waals surface area (Å²) >= 11 is 0. The zero-order valence-electron chi connectivity index (χ0n) is 15.6. The lowest BCUT2D eigenvalue weighted by Gasteiger charge is -2.10. The average molecular weight is 380 g/mol. The number of hydrazone groups is 1. The maximum atomic E-state index is 12.2. The first-order valence-corrected chi connectivity index (χ1v) is 8.69. The van der Waals surface area contributed by atoms with Gasteiger partial charge < -0.3 is 9.47 Å². The van der Waals surface area contributed by atoms with Crippen LogP contribution in [0.15, 0.2) is 53.9 Å². The summed E-state index contributed by atoms with van der Waals surface area (Å²) in [5.41, 5.74) is 4.49. The summed E-state index contributed by atoms with van der Waals surface area (Å²) in [6.45, 7) is 2.65. The van der Waals surface area contributed by atoms with Gasteiger partial charge in [0.2, 0.25) is 0 Å². The summed E-state index contributed by atoms with van der Waals surface area (Å²) in [6, 6.07) is 12.3. The van der Waals surface area contributed by atoms with E-state index < -0.39 is 0 Å². The summed E-state index contributed by atoms with van der Waals surface area (Å²) in [4.78, 5) is 12.2. The molecule has 0 unspecified atom stereocenters. The van der Waals surface area contributed by atoms with Gasteiger partial charge in [0, 0.05) is 5.56 Å². The fraction of sp³-hybridized carbons (Fsp3) is 0.211. The molecule has 28 heavy (non-hydrogen) atoms. The zero-order chi connectivity index (χ0) is 19.8. The molecule has 1 N–H and O–H groups in total. The van der Waals surface area contributed by atoms with E-state index in [1.54, 1.807) is 43.7 Å². The van der Waals surface area contributed by atoms with E-state index in [1.807, 2.05) is 19.1 Å². The number of ether oxygens (including phenoxy) is 2. The molecule has 0 radical (unpaired) electrons. The van der Waals surface area contributed by atoms with Crippen molar-refractivity contribution in [2.45, 2.75) is 13.3 Å². The molecule has 9 heteroatoms. The van der Waals surface area contributed by atoms with Gasteiger partial charge in [-0.3, -0.25) is 4.79 Å². The minimum absolute atomic E-state index is 0.325. The Hall–Kier alpha value is -3.75. The Morgan fingerprint density at radius 1 is 1.21 bits per heavy atom. The van der Waals surface area contributed by atoms with Gasteiger partial charge in [-0.15, -0.1) is 5.10 Å². The Morgan fingerprint density at radius 2 is 2.04 bits per heavy atom. The van der Waals surface area contributed by atoms with Crippen molar-refractivity contribution in [3.63, 3.8) is 0 Å². The molecule has 0 bridgehead atoms. The largest absolute Gasteiger partial charge is 0.493 e. The maximum absolute atomic E-state index is 12.2. The van der Waals surface area contributed by atoms with Gasteiger partial charge in [-0.05, 0) is 64.9 Å². The van der Waals surface area contributed by atoms with Gasteiger partial charge in [0.05, 0.1) is 25.6 Å². The minimum Gasteiger partial charge on any atom is -0.493 e. The Kier molecular flexibility index (Phi) is 6.29. The highest BCUT2D eigenvalue weighted by Gasteiger charge is 2.07. The first-order valence-electron chi connectivity index (χ1n) is 8.69. The van der Waals surface area contributed by atoms with Crippen LogP contribution < -0.4 is 14.9 Å². The molecule has 9 nitrogen and oxygen atoms in total. The third kappa shape index (κ3) is 4.70. The van der Waals surface area contributed by atoms with Crippen molar-refractivity contribution in [1.29, 1.82) is 0 Å². The summed E-state index contributed by atoms with van der Waals surface area (Å²) in [7, 11) is 1.58. The number of hydrogen-bond acceptors (Lipinski definition) is 7. The molecule has 144 valence electrons. The molecule has 0 aliphatic carbocycles. The molecule has 1 heterocycles. The molecule has 0 atom stereocenters. The predicted octanol–water partition coefficient (Wildman–Crippen LogP) is 2.22. The van der Waals surface area contributed by atoms with Crippen LogP contribution in [0.1, 0.15) is 29.3 Å². The van der Waals surface area contributed by atoms with Gasteiger partial charge in [0.15, 0.2) is 11.5 Å². The lowest BCUT2D eigenvalue weighted by molar-refractivity contribution is 0.0955. The Morgan fingerprint density at radius 3 is 2.71 bits per heavy atom. The van der Waals surface area contributed by atoms with Crippen LogP contribution in [0, 0.1) is 0 Å². The normalized spacial score (nSPS) is 10.8. The quantitative estimate of drug-likeness (QED) is 0.475. The molecule has 3 rings (SSSR count). The van der Waals surface area contributed by atoms with Crippen LogP contribution >= 0.6 is 0 Å². The number of aromatic nitrogens is 4. The van der Waals surface area contributed by atoms with E-state index in [2.05, 4.69) is 26.1 Å². The van der Waals surface area contributed by atoms with Crippen LogP contribution in [0.5, 0.6) is 11.5 Å². The topological polar surface area (TPSA) is 104 Å². The Bertz CT molecular complexity index is 939. The number of methoxy groups -OCH3 is 1. The van der Waals surface area contributed by atoms with Crippen molar-refractivity contribution in [2.24, 2.45) is 5.10 Å². The number of nitrogens with one attached hydrogen (secondary N) is 1. The summed E-state index contributed by atoms with van der Waals surface area (Å²) < 4.78 is 12.4. The second-order valence-electron chi connectivity index (χ2n) is 5.76. The molecule has 2 aromatic carbocycles. The number of hydrogen-bond donors (Lipinski definition) is 1. The molecule has 1 aromatic heterocycles. The van der Waals surface area contributed by atoms with Gasteiger partial charge in [0.25, 0.3) is 5.91 Å². The van der Waals surface area contributed by atoms with Crippen LogP contribution in [0.2, 0.25) is 0 Å². The maximum Gasteiger partial charge on any atom is 0.271 e. The molecule has 0 aliphatic heterocycles. The molecule has 0 fully saturated rings. The molecule has 3 aromatic rings. The number of amides is 1. The van der Waals surface area contributed by atoms with Crippen molar-refractivity contribution in [3.8, 4) is 17.2 Å². The van der Waals surface area contributed by atoms with Crippen LogP contribution in [0.3, 0.4) is 0 Å². The average Bonchev–Trinajstić information content (AvgIpc) is 3.27. The molecule has 0 spiro atoms. The van der Waals surface area contributed by atoms with Gasteiger partial charge in [-0.2, -0.15) is 5.10 Å². The van der Waals surface area contributed by atoms with Crippen molar-refractivity contribution in [3.05, 3.63) is 59.9 Å². The van der Waals surface area contributed by atoms with Crippen LogP contribution in [-0.4, -0.2) is 46.0 Å². The lowest BCUT2D eigenvalue weighted by Crippen LogP contribution is -2.17. The van der Waals surface area contributed by atoms with E-state index in [0.29, 0.717) is 23.7 Å². The number of carbonyl (C=O) groups excluding carboxylic acids is 1. The first-order chi connectivity index (χ1) is 13.7. The number of nitrogens with zero attached hydrogens (tertiary/aromatic N) is 5. The van der Waals surface area contributed by atoms with E-state index in [-0.39, 0.29) is 5.91 Å². The van der Waals surface area contributed by atoms with Gasteiger partial charge in [0.1, 0.15) is 6.33 Å². The molecular weight excluding hydrogens is 360 g/mol. The van der Waals surface area contributed by atoms with Crippen molar-refractivity contribution >= 4 is 12.1 Å². The summed E-state index contributed by atoms with van der Waals surface area (Å²) in [6.07, 6.45) is 3.93. The monoisotopic (exact) mass is 380 g/mol. The van der Waals surface area contributed by atoms with Gasteiger partial charge >= 0.3 is 0 Å². The molecule has 0 aliphatic rings. The highest BCUT2D eigenvalue weighted by Crippen LogP contribution is 2.27. The summed E-state index contributed by atoms with van der Waals surface area (Å²) in [5.74, 6) is 0.963. The highest BCUT2D eigenvalue weighted by atomic mass is 16.5. The third-order valence-electron chi connectivity index (χ3n) is 3.77. The van der Waals surface area contributed by atoms with Crippen molar-refractivity contribution in [1.82, 2.24) is 25.6 Å². The minimum atomic E-state index is -0.325. The summed E-state index contributed by atoms with van der Waals surface area (Å²) in [5, 5.41) is 14.9. The standard InChI is InChI=1S/C19H20N6O3/c1-3-10-28-17-9-4-14(11-18(17)27-2)12-20-22-19(26)15-5-7-16(8-6-15)25-13-21-23-24-25/h4-9,11-13H,3,10H2,1-2H3,(H,22,26)/b20-12+. The number of tetrazole rings is 1. The fourth-order valence-electron chi connectivity index (χ4n) is 2.37. The molecular formula is C19H20N6O3. The number of rotatable bonds is 8. The third-order valence-corrected chi connectivity index (χ3v) is 3.77. The zero-order valence-corrected chi connectivity index (χ0v) is 15.6. The second-order valence-corrected chi connectivity index (χ2v) is 5.76. The predicted molar refractivity (Wildman–Crippen MR) is 103 cm³/mol. The van der Waals surface area contributed by atoms with E-state index >= 15 is 0 Å². The molecule has 1 amide bonds. The highest BCUT2D eigenvalue weighted by molar-refractivity contribution is 5.95. The van der Waals surface area contributed by atoms with Crippen LogP contribution in [-0.2, 0) is 0 Å². The van der Waals surface area contributed by atoms with E-state index in [4.69, 9.17) is 9.47 Å². The lowest BCUT2D eigenvalue weighted by atomic mass is 10.2. The van der Waals surface area contributed by atoms with E-state index in [0.717, 1.165) is 17.7 Å². The van der Waals surface area contributed by atoms with E-state index in [1.165, 1.54) is 11.0 Å². The van der Waals surface area contributed by atoms with Crippen molar-refractivity contribution in [2.75, 3.05) is 13.7 Å². The smallest absolute Gasteiger partial charge is 0.271 e. The van der Waals surface area contributed by atoms with Gasteiger partial charge in [-0.1, -0.05) is 6.92 Å². The second kappa shape index (κ2) is 9.26. The Balaban J connectivity index is 1.61.